The summed E-state index contributed by atoms with van der Waals surface area (Å²) in [4.78, 5) is 2.17. The van der Waals surface area contributed by atoms with Gasteiger partial charge in [-0.15, -0.1) is 0 Å². The molecule has 0 saturated carbocycles. The number of hydrogen-bond acceptors (Lipinski definition) is 4. The Bertz CT molecular complexity index is 432. The van der Waals surface area contributed by atoms with Gasteiger partial charge >= 0.3 is 0 Å². The first kappa shape index (κ1) is 15.2. The van der Waals surface area contributed by atoms with E-state index < -0.39 is 0 Å². The van der Waals surface area contributed by atoms with Crippen molar-refractivity contribution in [1.82, 2.24) is 0 Å². The van der Waals surface area contributed by atoms with Crippen molar-refractivity contribution in [2.24, 2.45) is 5.73 Å². The monoisotopic (exact) mass is 282 g/mol. The smallest absolute Gasteiger partial charge is 0.130 e. The highest BCUT2D eigenvalue weighted by Crippen LogP contribution is 2.30. The minimum atomic E-state index is -0.324. The summed E-state index contributed by atoms with van der Waals surface area (Å²) in [7, 11) is 0. The van der Waals surface area contributed by atoms with E-state index in [0.29, 0.717) is 12.2 Å². The number of hydrogen-bond donors (Lipinski definition) is 2. The highest BCUT2D eigenvalue weighted by Gasteiger charge is 2.23. The normalized spacial score (nSPS) is 18.3. The molecular formula is C15H23FN2O2. The van der Waals surface area contributed by atoms with Crippen LogP contribution < -0.4 is 10.6 Å². The molecule has 112 valence electrons. The van der Waals surface area contributed by atoms with Crippen molar-refractivity contribution in [3.63, 3.8) is 0 Å². The maximum absolute atomic E-state index is 13.9. The largest absolute Gasteiger partial charge is 0.394 e. The number of rotatable bonds is 5. The lowest BCUT2D eigenvalue weighted by molar-refractivity contribution is 0.0159. The summed E-state index contributed by atoms with van der Waals surface area (Å²) < 4.78 is 19.5. The molecule has 0 radical (unpaired) electrons. The molecule has 1 atom stereocenters. The summed E-state index contributed by atoms with van der Waals surface area (Å²) in [5, 5.41) is 8.76. The molecule has 1 heterocycles. The maximum Gasteiger partial charge on any atom is 0.130 e. The molecule has 20 heavy (non-hydrogen) atoms. The van der Waals surface area contributed by atoms with E-state index >= 15 is 0 Å². The van der Waals surface area contributed by atoms with Crippen LogP contribution in [0.15, 0.2) is 18.2 Å². The lowest BCUT2D eigenvalue weighted by Gasteiger charge is -2.35. The van der Waals surface area contributed by atoms with Crippen molar-refractivity contribution < 1.29 is 14.2 Å². The van der Waals surface area contributed by atoms with E-state index in [1.165, 1.54) is 6.07 Å². The Morgan fingerprint density at radius 1 is 1.45 bits per heavy atom. The standard InChI is InChI=1S/C15H23FN2O2/c1-11(17)15-13(16)3-2-4-14(15)18-7-5-12(6-8-18)20-10-9-19/h2-4,11-12,19H,5-10,17H2,1H3/t11-/m1/s1. The number of aliphatic hydroxyl groups excluding tert-OH is 1. The summed E-state index contributed by atoms with van der Waals surface area (Å²) in [5.74, 6) is -0.240. The van der Waals surface area contributed by atoms with Gasteiger partial charge in [0.05, 0.1) is 19.3 Å². The molecule has 0 aliphatic carbocycles. The molecule has 1 aliphatic rings. The molecular weight excluding hydrogens is 259 g/mol. The van der Waals surface area contributed by atoms with Gasteiger partial charge in [0, 0.05) is 30.4 Å². The molecule has 1 aliphatic heterocycles. The Morgan fingerprint density at radius 2 is 2.15 bits per heavy atom. The SMILES string of the molecule is C[C@@H](N)c1c(F)cccc1N1CCC(OCCO)CC1. The van der Waals surface area contributed by atoms with Crippen LogP contribution in [0.4, 0.5) is 10.1 Å². The van der Waals surface area contributed by atoms with Gasteiger partial charge in [-0.25, -0.2) is 4.39 Å². The van der Waals surface area contributed by atoms with E-state index in [2.05, 4.69) is 4.90 Å². The van der Waals surface area contributed by atoms with Crippen LogP contribution in [0.3, 0.4) is 0 Å². The fourth-order valence-corrected chi connectivity index (χ4v) is 2.73. The van der Waals surface area contributed by atoms with E-state index in [1.54, 1.807) is 13.0 Å². The van der Waals surface area contributed by atoms with E-state index in [9.17, 15) is 4.39 Å². The van der Waals surface area contributed by atoms with Crippen LogP contribution in [0.2, 0.25) is 0 Å². The highest BCUT2D eigenvalue weighted by molar-refractivity contribution is 5.55. The number of anilines is 1. The second-order valence-electron chi connectivity index (χ2n) is 5.24. The Balaban J connectivity index is 2.05. The van der Waals surface area contributed by atoms with Crippen LogP contribution >= 0.6 is 0 Å². The number of benzene rings is 1. The number of piperidine rings is 1. The van der Waals surface area contributed by atoms with Crippen molar-refractivity contribution in [1.29, 1.82) is 0 Å². The van der Waals surface area contributed by atoms with Crippen molar-refractivity contribution in [2.45, 2.75) is 31.9 Å². The summed E-state index contributed by atoms with van der Waals surface area (Å²) in [6.45, 7) is 3.88. The molecule has 1 fully saturated rings. The molecule has 5 heteroatoms. The topological polar surface area (TPSA) is 58.7 Å². The molecule has 0 unspecified atom stereocenters. The van der Waals surface area contributed by atoms with E-state index in [-0.39, 0.29) is 24.6 Å². The van der Waals surface area contributed by atoms with Crippen molar-refractivity contribution >= 4 is 5.69 Å². The molecule has 0 amide bonds. The molecule has 1 aromatic carbocycles. The van der Waals surface area contributed by atoms with Crippen molar-refractivity contribution in [2.75, 3.05) is 31.2 Å². The van der Waals surface area contributed by atoms with Gasteiger partial charge in [-0.2, -0.15) is 0 Å². The van der Waals surface area contributed by atoms with Gasteiger partial charge in [0.25, 0.3) is 0 Å². The average Bonchev–Trinajstić information content (AvgIpc) is 2.45. The average molecular weight is 282 g/mol. The van der Waals surface area contributed by atoms with E-state index in [4.69, 9.17) is 15.6 Å². The number of nitrogens with two attached hydrogens (primary N) is 1. The summed E-state index contributed by atoms with van der Waals surface area (Å²) in [6, 6.07) is 4.79. The maximum atomic E-state index is 13.9. The minimum Gasteiger partial charge on any atom is -0.394 e. The molecule has 0 spiro atoms. The van der Waals surface area contributed by atoms with E-state index in [1.807, 2.05) is 6.07 Å². The second-order valence-corrected chi connectivity index (χ2v) is 5.24. The predicted molar refractivity (Wildman–Crippen MR) is 77.3 cm³/mol. The quantitative estimate of drug-likeness (QED) is 0.865. The Labute approximate surface area is 119 Å². The lowest BCUT2D eigenvalue weighted by Crippen LogP contribution is -2.38. The fraction of sp³-hybridized carbons (Fsp3) is 0.600. The summed E-state index contributed by atoms with van der Waals surface area (Å²) in [6.07, 6.45) is 1.95. The first-order chi connectivity index (χ1) is 9.63. The van der Waals surface area contributed by atoms with E-state index in [0.717, 1.165) is 31.6 Å². The van der Waals surface area contributed by atoms with Crippen LogP contribution in [-0.2, 0) is 4.74 Å². The van der Waals surface area contributed by atoms with Crippen LogP contribution in [-0.4, -0.2) is 37.5 Å². The zero-order valence-corrected chi connectivity index (χ0v) is 11.9. The molecule has 1 aromatic rings. The Morgan fingerprint density at radius 3 is 2.75 bits per heavy atom. The lowest BCUT2D eigenvalue weighted by atomic mass is 10.0. The molecule has 0 bridgehead atoms. The minimum absolute atomic E-state index is 0.0545. The summed E-state index contributed by atoms with van der Waals surface area (Å²) in [5.41, 5.74) is 7.37. The third-order valence-corrected chi connectivity index (χ3v) is 3.71. The van der Waals surface area contributed by atoms with Gasteiger partial charge in [-0.05, 0) is 31.9 Å². The van der Waals surface area contributed by atoms with Crippen LogP contribution in [0.25, 0.3) is 0 Å². The first-order valence-electron chi connectivity index (χ1n) is 7.15. The summed E-state index contributed by atoms with van der Waals surface area (Å²) >= 11 is 0. The first-order valence-corrected chi connectivity index (χ1v) is 7.15. The van der Waals surface area contributed by atoms with Gasteiger partial charge in [0.1, 0.15) is 5.82 Å². The van der Waals surface area contributed by atoms with Crippen molar-refractivity contribution in [3.8, 4) is 0 Å². The number of nitrogens with zero attached hydrogens (tertiary/aromatic N) is 1. The number of halogens is 1. The van der Waals surface area contributed by atoms with Crippen molar-refractivity contribution in [3.05, 3.63) is 29.6 Å². The number of ether oxygens (including phenoxy) is 1. The third-order valence-electron chi connectivity index (χ3n) is 3.71. The molecule has 2 rings (SSSR count). The Kier molecular flexibility index (Phi) is 5.34. The third kappa shape index (κ3) is 3.48. The van der Waals surface area contributed by atoms with Gasteiger partial charge < -0.3 is 20.5 Å². The Hall–Kier alpha value is -1.17. The van der Waals surface area contributed by atoms with Crippen LogP contribution in [0, 0.1) is 5.82 Å². The second kappa shape index (κ2) is 7.02. The number of aliphatic hydroxyl groups is 1. The fourth-order valence-electron chi connectivity index (χ4n) is 2.73. The molecule has 0 aromatic heterocycles. The predicted octanol–water partition coefficient (Wildman–Crippen LogP) is 1.82. The zero-order valence-electron chi connectivity index (χ0n) is 11.9. The molecule has 1 saturated heterocycles. The van der Waals surface area contributed by atoms with Gasteiger partial charge in [0.15, 0.2) is 0 Å². The molecule has 4 nitrogen and oxygen atoms in total. The highest BCUT2D eigenvalue weighted by atomic mass is 19.1. The van der Waals surface area contributed by atoms with Gasteiger partial charge in [-0.1, -0.05) is 6.07 Å². The molecule has 3 N–H and O–H groups in total. The van der Waals surface area contributed by atoms with Crippen LogP contribution in [0.1, 0.15) is 31.4 Å². The van der Waals surface area contributed by atoms with Crippen LogP contribution in [0.5, 0.6) is 0 Å². The van der Waals surface area contributed by atoms with Gasteiger partial charge in [-0.3, -0.25) is 0 Å². The zero-order chi connectivity index (χ0) is 14.5. The van der Waals surface area contributed by atoms with Gasteiger partial charge in [0.2, 0.25) is 0 Å².